The van der Waals surface area contributed by atoms with E-state index in [-0.39, 0.29) is 11.8 Å². The number of aryl methyl sites for hydroxylation is 1. The summed E-state index contributed by atoms with van der Waals surface area (Å²) in [7, 11) is 1.65. The van der Waals surface area contributed by atoms with E-state index in [2.05, 4.69) is 21.6 Å². The first-order valence-corrected chi connectivity index (χ1v) is 11.5. The first-order chi connectivity index (χ1) is 16.1. The Morgan fingerprint density at radius 2 is 1.94 bits per heavy atom. The van der Waals surface area contributed by atoms with Crippen LogP contribution in [0.5, 0.6) is 5.75 Å². The zero-order valence-electron chi connectivity index (χ0n) is 18.8. The Morgan fingerprint density at radius 1 is 1.12 bits per heavy atom. The van der Waals surface area contributed by atoms with Crippen molar-refractivity contribution in [1.82, 2.24) is 20.4 Å². The highest BCUT2D eigenvalue weighted by atomic mass is 16.5. The molecule has 1 atom stereocenters. The summed E-state index contributed by atoms with van der Waals surface area (Å²) >= 11 is 0. The molecule has 170 valence electrons. The van der Waals surface area contributed by atoms with Gasteiger partial charge in [0.15, 0.2) is 5.69 Å². The lowest BCUT2D eigenvalue weighted by molar-refractivity contribution is -0.127. The second kappa shape index (κ2) is 9.10. The van der Waals surface area contributed by atoms with Crippen LogP contribution >= 0.6 is 0 Å². The van der Waals surface area contributed by atoms with E-state index in [0.717, 1.165) is 59.4 Å². The fraction of sp³-hybridized carbons (Fsp3) is 0.346. The molecule has 1 saturated heterocycles. The third-order valence-corrected chi connectivity index (χ3v) is 6.63. The molecule has 0 unspecified atom stereocenters. The van der Waals surface area contributed by atoms with E-state index in [1.165, 1.54) is 0 Å². The first-order valence-electron chi connectivity index (χ1n) is 11.5. The molecule has 2 N–H and O–H groups in total. The van der Waals surface area contributed by atoms with E-state index in [1.807, 2.05) is 42.5 Å². The van der Waals surface area contributed by atoms with Gasteiger partial charge in [-0.3, -0.25) is 14.7 Å². The number of carbonyl (C=O) groups is 2. The molecule has 1 fully saturated rings. The number of fused-ring (bicyclic) bond motifs is 1. The van der Waals surface area contributed by atoms with Crippen molar-refractivity contribution in [3.63, 3.8) is 0 Å². The lowest BCUT2D eigenvalue weighted by atomic mass is 9.94. The van der Waals surface area contributed by atoms with Crippen molar-refractivity contribution >= 4 is 11.8 Å². The number of ether oxygens (including phenoxy) is 1. The number of H-pyrrole nitrogens is 1. The molecule has 0 radical (unpaired) electrons. The number of nitrogens with one attached hydrogen (secondary N) is 2. The minimum atomic E-state index is -0.562. The van der Waals surface area contributed by atoms with Gasteiger partial charge in [-0.05, 0) is 54.5 Å². The summed E-state index contributed by atoms with van der Waals surface area (Å²) in [4.78, 5) is 28.0. The van der Waals surface area contributed by atoms with Crippen LogP contribution in [0, 0.1) is 0 Å². The first kappa shape index (κ1) is 21.2. The van der Waals surface area contributed by atoms with Gasteiger partial charge in [-0.25, -0.2) is 0 Å². The summed E-state index contributed by atoms with van der Waals surface area (Å²) in [5.74, 6) is 0.540. The van der Waals surface area contributed by atoms with Gasteiger partial charge in [0.2, 0.25) is 5.91 Å². The number of nitrogens with zero attached hydrogens (tertiary/aromatic N) is 2. The molecule has 2 aliphatic rings. The number of hydrogen-bond donors (Lipinski definition) is 2. The molecule has 1 aliphatic carbocycles. The monoisotopic (exact) mass is 444 g/mol. The third kappa shape index (κ3) is 4.23. The number of piperazine rings is 1. The van der Waals surface area contributed by atoms with Gasteiger partial charge in [0, 0.05) is 30.8 Å². The number of benzene rings is 2. The highest BCUT2D eigenvalue weighted by Gasteiger charge is 2.36. The predicted molar refractivity (Wildman–Crippen MR) is 125 cm³/mol. The second-order valence-corrected chi connectivity index (χ2v) is 8.67. The van der Waals surface area contributed by atoms with Crippen LogP contribution in [-0.2, 0) is 24.1 Å². The SMILES string of the molecule is COc1ccc(-c2cccc(C[C@H]3C(=O)NCCN3C(=O)c3n[nH]c4c3CCCC4)c2)cc1. The van der Waals surface area contributed by atoms with Gasteiger partial charge in [-0.1, -0.05) is 36.4 Å². The summed E-state index contributed by atoms with van der Waals surface area (Å²) in [6.07, 6.45) is 4.42. The van der Waals surface area contributed by atoms with E-state index in [1.54, 1.807) is 12.0 Å². The average Bonchev–Trinajstić information content (AvgIpc) is 3.29. The molecule has 2 heterocycles. The Kier molecular flexibility index (Phi) is 5.86. The van der Waals surface area contributed by atoms with E-state index in [0.29, 0.717) is 25.2 Å². The number of hydrogen-bond acceptors (Lipinski definition) is 4. The maximum atomic E-state index is 13.5. The molecule has 2 amide bonds. The van der Waals surface area contributed by atoms with Crippen LogP contribution in [0.25, 0.3) is 11.1 Å². The van der Waals surface area contributed by atoms with Crippen LogP contribution in [0.15, 0.2) is 48.5 Å². The number of carbonyl (C=O) groups excluding carboxylic acids is 2. The summed E-state index contributed by atoms with van der Waals surface area (Å²) < 4.78 is 5.25. The Hall–Kier alpha value is -3.61. The number of amides is 2. The molecule has 1 aromatic heterocycles. The van der Waals surface area contributed by atoms with E-state index in [9.17, 15) is 9.59 Å². The second-order valence-electron chi connectivity index (χ2n) is 8.67. The van der Waals surface area contributed by atoms with Crippen LogP contribution < -0.4 is 10.1 Å². The van der Waals surface area contributed by atoms with Gasteiger partial charge in [0.25, 0.3) is 5.91 Å². The molecule has 33 heavy (non-hydrogen) atoms. The highest BCUT2D eigenvalue weighted by molar-refractivity contribution is 5.98. The van der Waals surface area contributed by atoms with Crippen LogP contribution in [-0.4, -0.2) is 53.2 Å². The number of aromatic amines is 1. The molecule has 7 heteroatoms. The normalized spacial score (nSPS) is 17.9. The molecular weight excluding hydrogens is 416 g/mol. The molecule has 0 bridgehead atoms. The van der Waals surface area contributed by atoms with E-state index >= 15 is 0 Å². The summed E-state index contributed by atoms with van der Waals surface area (Å²) in [6, 6.07) is 15.5. The van der Waals surface area contributed by atoms with Gasteiger partial charge in [-0.2, -0.15) is 5.10 Å². The molecule has 3 aromatic rings. The quantitative estimate of drug-likeness (QED) is 0.633. The summed E-state index contributed by atoms with van der Waals surface area (Å²) in [5.41, 5.74) is 5.71. The topological polar surface area (TPSA) is 87.3 Å². The van der Waals surface area contributed by atoms with Crippen molar-refractivity contribution < 1.29 is 14.3 Å². The molecule has 2 aromatic carbocycles. The molecule has 0 spiro atoms. The van der Waals surface area contributed by atoms with Crippen LogP contribution in [0.1, 0.15) is 40.2 Å². The van der Waals surface area contributed by atoms with Gasteiger partial charge in [0.1, 0.15) is 11.8 Å². The largest absolute Gasteiger partial charge is 0.497 e. The highest BCUT2D eigenvalue weighted by Crippen LogP contribution is 2.26. The van der Waals surface area contributed by atoms with Gasteiger partial charge >= 0.3 is 0 Å². The maximum Gasteiger partial charge on any atom is 0.275 e. The molecular formula is C26H28N4O3. The Balaban J connectivity index is 1.39. The van der Waals surface area contributed by atoms with Crippen molar-refractivity contribution in [2.45, 2.75) is 38.1 Å². The minimum absolute atomic E-state index is 0.117. The van der Waals surface area contributed by atoms with Crippen molar-refractivity contribution in [2.75, 3.05) is 20.2 Å². The zero-order valence-corrected chi connectivity index (χ0v) is 18.8. The molecule has 7 nitrogen and oxygen atoms in total. The van der Waals surface area contributed by atoms with Crippen molar-refractivity contribution in [3.8, 4) is 16.9 Å². The summed E-state index contributed by atoms with van der Waals surface area (Å²) in [6.45, 7) is 0.939. The fourth-order valence-corrected chi connectivity index (χ4v) is 4.84. The smallest absolute Gasteiger partial charge is 0.275 e. The number of methoxy groups -OCH3 is 1. The number of rotatable bonds is 5. The fourth-order valence-electron chi connectivity index (χ4n) is 4.84. The standard InChI is InChI=1S/C26H28N4O3/c1-33-20-11-9-18(10-12-20)19-6-4-5-17(15-19)16-23-25(31)27-13-14-30(23)26(32)24-21-7-2-3-8-22(21)28-29-24/h4-6,9-12,15,23H,2-3,7-8,13-14,16H2,1H3,(H,27,31)(H,28,29)/t23-/m0/s1. The average molecular weight is 445 g/mol. The predicted octanol–water partition coefficient (Wildman–Crippen LogP) is 3.15. The Labute approximate surface area is 193 Å². The van der Waals surface area contributed by atoms with Crippen molar-refractivity contribution in [1.29, 1.82) is 0 Å². The van der Waals surface area contributed by atoms with Gasteiger partial charge < -0.3 is 15.0 Å². The van der Waals surface area contributed by atoms with E-state index in [4.69, 9.17) is 4.74 Å². The number of aromatic nitrogens is 2. The van der Waals surface area contributed by atoms with Crippen LogP contribution in [0.3, 0.4) is 0 Å². The minimum Gasteiger partial charge on any atom is -0.497 e. The zero-order chi connectivity index (χ0) is 22.8. The third-order valence-electron chi connectivity index (χ3n) is 6.63. The molecule has 5 rings (SSSR count). The van der Waals surface area contributed by atoms with Crippen LogP contribution in [0.2, 0.25) is 0 Å². The molecule has 0 saturated carbocycles. The Bertz CT molecular complexity index is 1170. The van der Waals surface area contributed by atoms with Crippen molar-refractivity contribution in [2.24, 2.45) is 0 Å². The van der Waals surface area contributed by atoms with E-state index < -0.39 is 6.04 Å². The lowest BCUT2D eigenvalue weighted by Gasteiger charge is -2.35. The van der Waals surface area contributed by atoms with Gasteiger partial charge in [0.05, 0.1) is 7.11 Å². The van der Waals surface area contributed by atoms with Crippen molar-refractivity contribution in [3.05, 3.63) is 71.0 Å². The van der Waals surface area contributed by atoms with Crippen LogP contribution in [0.4, 0.5) is 0 Å². The summed E-state index contributed by atoms with van der Waals surface area (Å²) in [5, 5.41) is 10.3. The lowest BCUT2D eigenvalue weighted by Crippen LogP contribution is -2.58. The molecule has 1 aliphatic heterocycles. The Morgan fingerprint density at radius 3 is 2.76 bits per heavy atom. The maximum absolute atomic E-state index is 13.5. The van der Waals surface area contributed by atoms with Gasteiger partial charge in [-0.15, -0.1) is 0 Å².